The van der Waals surface area contributed by atoms with Gasteiger partial charge in [-0.2, -0.15) is 0 Å². The Hall–Kier alpha value is -4.18. The average Bonchev–Trinajstić information content (AvgIpc) is 2.92. The molecule has 0 saturated carbocycles. The van der Waals surface area contributed by atoms with Crippen molar-refractivity contribution in [3.8, 4) is 5.75 Å². The van der Waals surface area contributed by atoms with Crippen LogP contribution in [0.5, 0.6) is 5.75 Å². The monoisotopic (exact) mass is 535 g/mol. The van der Waals surface area contributed by atoms with E-state index in [1.54, 1.807) is 74.7 Å². The Kier molecular flexibility index (Phi) is 8.75. The van der Waals surface area contributed by atoms with Crippen molar-refractivity contribution in [2.75, 3.05) is 19.0 Å². The van der Waals surface area contributed by atoms with Crippen molar-refractivity contribution in [3.05, 3.63) is 89.7 Å². The van der Waals surface area contributed by atoms with Crippen LogP contribution in [0.2, 0.25) is 0 Å². The smallest absolute Gasteiger partial charge is 0.338 e. The lowest BCUT2D eigenvalue weighted by Crippen LogP contribution is -2.44. The van der Waals surface area contributed by atoms with Crippen LogP contribution in [0.3, 0.4) is 0 Å². The second-order valence-electron chi connectivity index (χ2n) is 8.30. The van der Waals surface area contributed by atoms with Gasteiger partial charge in [0.15, 0.2) is 5.17 Å². The van der Waals surface area contributed by atoms with Crippen molar-refractivity contribution >= 4 is 46.1 Å². The first-order chi connectivity index (χ1) is 18.4. The Labute approximate surface area is 223 Å². The van der Waals surface area contributed by atoms with Gasteiger partial charge in [0.25, 0.3) is 0 Å². The second kappa shape index (κ2) is 12.4. The van der Waals surface area contributed by atoms with E-state index in [1.165, 1.54) is 28.8 Å². The molecule has 196 valence electrons. The number of thioether (sulfide) groups is 1. The maximum absolute atomic E-state index is 13.4. The molecule has 0 bridgehead atoms. The van der Waals surface area contributed by atoms with Crippen LogP contribution in [0.1, 0.15) is 29.3 Å². The quantitative estimate of drug-likeness (QED) is 0.400. The van der Waals surface area contributed by atoms with Gasteiger partial charge < -0.3 is 14.8 Å². The minimum atomic E-state index is -0.716. The van der Waals surface area contributed by atoms with E-state index >= 15 is 0 Å². The molecule has 0 aliphatic carbocycles. The number of carbonyl (C=O) groups excluding carboxylic acids is 3. The number of benzene rings is 3. The van der Waals surface area contributed by atoms with Crippen molar-refractivity contribution in [3.63, 3.8) is 0 Å². The van der Waals surface area contributed by atoms with Crippen LogP contribution >= 0.6 is 11.8 Å². The molecule has 1 N–H and O–H groups in total. The summed E-state index contributed by atoms with van der Waals surface area (Å²) in [4.78, 5) is 44.4. The number of nitrogens with zero attached hydrogens (tertiary/aromatic N) is 2. The van der Waals surface area contributed by atoms with Gasteiger partial charge in [0, 0.05) is 12.1 Å². The first kappa shape index (κ1) is 26.9. The Morgan fingerprint density at radius 3 is 2.37 bits per heavy atom. The van der Waals surface area contributed by atoms with Gasteiger partial charge in [-0.3, -0.25) is 14.5 Å². The highest BCUT2D eigenvalue weighted by Gasteiger charge is 2.36. The van der Waals surface area contributed by atoms with E-state index in [2.05, 4.69) is 10.3 Å². The fourth-order valence-corrected chi connectivity index (χ4v) is 4.76. The van der Waals surface area contributed by atoms with E-state index in [0.717, 1.165) is 0 Å². The molecule has 1 unspecified atom stereocenters. The van der Waals surface area contributed by atoms with Crippen molar-refractivity contribution in [1.29, 1.82) is 0 Å². The number of esters is 1. The molecule has 1 fully saturated rings. The zero-order valence-corrected chi connectivity index (χ0v) is 21.7. The highest BCUT2D eigenvalue weighted by molar-refractivity contribution is 8.15. The first-order valence-electron chi connectivity index (χ1n) is 11.9. The summed E-state index contributed by atoms with van der Waals surface area (Å²) in [6, 6.07) is 19.2. The number of hydrogen-bond donors (Lipinski definition) is 1. The molecule has 1 atom stereocenters. The number of ether oxygens (including phenoxy) is 2. The van der Waals surface area contributed by atoms with Gasteiger partial charge in [-0.05, 0) is 73.2 Å². The lowest BCUT2D eigenvalue weighted by atomic mass is 10.2. The van der Waals surface area contributed by atoms with Crippen LogP contribution in [0.15, 0.2) is 77.8 Å². The van der Waals surface area contributed by atoms with Gasteiger partial charge in [-0.1, -0.05) is 23.9 Å². The van der Waals surface area contributed by atoms with Crippen molar-refractivity contribution in [1.82, 2.24) is 4.90 Å². The van der Waals surface area contributed by atoms with Crippen molar-refractivity contribution < 1.29 is 28.2 Å². The Morgan fingerprint density at radius 1 is 1.05 bits per heavy atom. The van der Waals surface area contributed by atoms with Gasteiger partial charge in [-0.25, -0.2) is 14.2 Å². The predicted molar refractivity (Wildman–Crippen MR) is 144 cm³/mol. The van der Waals surface area contributed by atoms with Gasteiger partial charge >= 0.3 is 5.97 Å². The number of anilines is 1. The maximum Gasteiger partial charge on any atom is 0.338 e. The predicted octanol–water partition coefficient (Wildman–Crippen LogP) is 5.17. The summed E-state index contributed by atoms with van der Waals surface area (Å²) in [6.45, 7) is 2.16. The molecule has 1 heterocycles. The van der Waals surface area contributed by atoms with Gasteiger partial charge in [-0.15, -0.1) is 0 Å². The van der Waals surface area contributed by atoms with Crippen LogP contribution < -0.4 is 10.1 Å². The fraction of sp³-hybridized carbons (Fsp3) is 0.214. The molecule has 3 aromatic carbocycles. The Morgan fingerprint density at radius 2 is 1.74 bits per heavy atom. The van der Waals surface area contributed by atoms with Crippen LogP contribution in [0.4, 0.5) is 15.8 Å². The summed E-state index contributed by atoms with van der Waals surface area (Å²) >= 11 is 1.17. The zero-order chi connectivity index (χ0) is 27.1. The highest BCUT2D eigenvalue weighted by atomic mass is 32.2. The Balaban J connectivity index is 1.58. The summed E-state index contributed by atoms with van der Waals surface area (Å²) in [5.74, 6) is -0.781. The molecule has 10 heteroatoms. The van der Waals surface area contributed by atoms with Crippen LogP contribution in [-0.2, 0) is 20.9 Å². The summed E-state index contributed by atoms with van der Waals surface area (Å²) in [5.41, 5.74) is 2.16. The number of nitrogens with one attached hydrogen (secondary N) is 1. The van der Waals surface area contributed by atoms with E-state index < -0.39 is 11.2 Å². The first-order valence-corrected chi connectivity index (χ1v) is 12.8. The van der Waals surface area contributed by atoms with E-state index in [1.807, 2.05) is 0 Å². The van der Waals surface area contributed by atoms with Crippen LogP contribution in [0, 0.1) is 5.82 Å². The molecular formula is C28H26FN3O5S. The molecular weight excluding hydrogens is 509 g/mol. The number of carbonyl (C=O) groups is 3. The number of hydrogen-bond acceptors (Lipinski definition) is 7. The highest BCUT2D eigenvalue weighted by Crippen LogP contribution is 2.31. The normalized spacial score (nSPS) is 16.3. The van der Waals surface area contributed by atoms with Crippen molar-refractivity contribution in [2.45, 2.75) is 25.1 Å². The molecule has 4 rings (SSSR count). The fourth-order valence-electron chi connectivity index (χ4n) is 3.66. The van der Waals surface area contributed by atoms with E-state index in [9.17, 15) is 18.8 Å². The molecule has 1 aliphatic heterocycles. The molecule has 8 nitrogen and oxygen atoms in total. The summed E-state index contributed by atoms with van der Waals surface area (Å²) < 4.78 is 23.6. The lowest BCUT2D eigenvalue weighted by Gasteiger charge is -2.32. The average molecular weight is 536 g/mol. The largest absolute Gasteiger partial charge is 0.497 e. The van der Waals surface area contributed by atoms with Gasteiger partial charge in [0.2, 0.25) is 11.8 Å². The van der Waals surface area contributed by atoms with E-state index in [-0.39, 0.29) is 37.2 Å². The number of methoxy groups -OCH3 is 1. The third-order valence-corrected chi connectivity index (χ3v) is 6.83. The summed E-state index contributed by atoms with van der Waals surface area (Å²) in [5, 5.41) is 2.44. The molecule has 1 aliphatic rings. The molecule has 0 radical (unpaired) electrons. The topological polar surface area (TPSA) is 97.3 Å². The number of amides is 2. The molecule has 0 aromatic heterocycles. The molecule has 3 aromatic rings. The molecule has 1 saturated heterocycles. The van der Waals surface area contributed by atoms with Gasteiger partial charge in [0.05, 0.1) is 31.5 Å². The van der Waals surface area contributed by atoms with E-state index in [4.69, 9.17) is 9.47 Å². The number of aliphatic imine (C=N–C) groups is 1. The van der Waals surface area contributed by atoms with E-state index in [0.29, 0.717) is 33.4 Å². The lowest BCUT2D eigenvalue weighted by molar-refractivity contribution is -0.129. The third kappa shape index (κ3) is 6.77. The minimum absolute atomic E-state index is 0.0331. The minimum Gasteiger partial charge on any atom is -0.497 e. The Bertz CT molecular complexity index is 1330. The zero-order valence-electron chi connectivity index (χ0n) is 20.8. The molecule has 0 spiro atoms. The third-order valence-electron chi connectivity index (χ3n) is 5.65. The van der Waals surface area contributed by atoms with Gasteiger partial charge in [0.1, 0.15) is 16.8 Å². The second-order valence-corrected chi connectivity index (χ2v) is 9.47. The summed E-state index contributed by atoms with van der Waals surface area (Å²) in [7, 11) is 1.56. The molecule has 38 heavy (non-hydrogen) atoms. The molecule has 2 amide bonds. The maximum atomic E-state index is 13.4. The van der Waals surface area contributed by atoms with Crippen LogP contribution in [0.25, 0.3) is 0 Å². The SMILES string of the molecule is CCOC(=O)c1ccc(N=C2SC(C(=O)Nc3ccc(OC)cc3)CC(=O)N2Cc2ccc(F)cc2)cc1. The standard InChI is InChI=1S/C28H26FN3O5S/c1-3-37-27(35)19-6-10-22(11-7-19)31-28-32(17-18-4-8-20(29)9-5-18)25(33)16-24(38-28)26(34)30-21-12-14-23(36-2)15-13-21/h4-15,24H,3,16-17H2,1-2H3,(H,30,34). The summed E-state index contributed by atoms with van der Waals surface area (Å²) in [6.07, 6.45) is -0.0331. The number of amidine groups is 1. The van der Waals surface area contributed by atoms with Crippen LogP contribution in [-0.4, -0.2) is 46.8 Å². The number of halogens is 1. The number of rotatable bonds is 8. The van der Waals surface area contributed by atoms with Crippen molar-refractivity contribution in [2.24, 2.45) is 4.99 Å².